The zero-order valence-electron chi connectivity index (χ0n) is 10.7. The Bertz CT molecular complexity index is 362. The first-order valence-electron chi connectivity index (χ1n) is 6.27. The molecule has 0 saturated carbocycles. The fourth-order valence-corrected chi connectivity index (χ4v) is 1.66. The smallest absolute Gasteiger partial charge is 0.335 e. The molecule has 0 aliphatic carbocycles. The van der Waals surface area contributed by atoms with Crippen molar-refractivity contribution < 1.29 is 15.0 Å². The summed E-state index contributed by atoms with van der Waals surface area (Å²) in [6.07, 6.45) is 2.05. The molecule has 4 nitrogen and oxygen atoms in total. The number of nitrogens with one attached hydrogen (secondary N) is 1. The molecule has 1 aromatic rings. The maximum absolute atomic E-state index is 10.7. The van der Waals surface area contributed by atoms with Crippen LogP contribution in [0.25, 0.3) is 0 Å². The maximum Gasteiger partial charge on any atom is 0.335 e. The fourth-order valence-electron chi connectivity index (χ4n) is 1.66. The van der Waals surface area contributed by atoms with Crippen molar-refractivity contribution in [2.75, 3.05) is 13.2 Å². The van der Waals surface area contributed by atoms with E-state index in [1.165, 1.54) is 0 Å². The maximum atomic E-state index is 10.7. The lowest BCUT2D eigenvalue weighted by molar-refractivity contribution is 0.0697. The van der Waals surface area contributed by atoms with Gasteiger partial charge < -0.3 is 15.5 Å². The number of carbonyl (C=O) groups is 1. The third-order valence-corrected chi connectivity index (χ3v) is 2.89. The number of rotatable bonds is 8. The van der Waals surface area contributed by atoms with Crippen LogP contribution >= 0.6 is 0 Å². The average Bonchev–Trinajstić information content (AvgIpc) is 2.38. The van der Waals surface area contributed by atoms with E-state index in [1.54, 1.807) is 12.1 Å². The lowest BCUT2D eigenvalue weighted by Crippen LogP contribution is -2.16. The Morgan fingerprint density at radius 3 is 2.56 bits per heavy atom. The molecule has 4 heteroatoms. The molecule has 0 amide bonds. The first kappa shape index (κ1) is 14.7. The predicted molar refractivity (Wildman–Crippen MR) is 70.6 cm³/mol. The highest BCUT2D eigenvalue weighted by atomic mass is 16.4. The Morgan fingerprint density at radius 2 is 2.00 bits per heavy atom. The van der Waals surface area contributed by atoms with Crippen LogP contribution in [0.4, 0.5) is 0 Å². The van der Waals surface area contributed by atoms with E-state index >= 15 is 0 Å². The molecule has 0 heterocycles. The number of hydrogen-bond donors (Lipinski definition) is 3. The number of hydrogen-bond acceptors (Lipinski definition) is 3. The zero-order valence-corrected chi connectivity index (χ0v) is 10.7. The lowest BCUT2D eigenvalue weighted by Gasteiger charge is -2.08. The van der Waals surface area contributed by atoms with Crippen LogP contribution in [0, 0.1) is 5.92 Å². The fraction of sp³-hybridized carbons (Fsp3) is 0.500. The highest BCUT2D eigenvalue weighted by Gasteiger charge is 2.02. The minimum atomic E-state index is -0.896. The normalized spacial score (nSPS) is 12.3. The van der Waals surface area contributed by atoms with Crippen LogP contribution in [0.2, 0.25) is 0 Å². The largest absolute Gasteiger partial charge is 0.478 e. The van der Waals surface area contributed by atoms with E-state index in [0.29, 0.717) is 11.5 Å². The van der Waals surface area contributed by atoms with Gasteiger partial charge >= 0.3 is 5.97 Å². The van der Waals surface area contributed by atoms with Crippen LogP contribution in [-0.2, 0) is 6.54 Å². The van der Waals surface area contributed by atoms with Crippen LogP contribution < -0.4 is 5.32 Å². The van der Waals surface area contributed by atoms with Gasteiger partial charge in [0.05, 0.1) is 5.56 Å². The molecule has 1 aromatic carbocycles. The van der Waals surface area contributed by atoms with E-state index in [4.69, 9.17) is 10.2 Å². The molecule has 0 saturated heterocycles. The van der Waals surface area contributed by atoms with Crippen molar-refractivity contribution in [3.05, 3.63) is 35.4 Å². The minimum Gasteiger partial charge on any atom is -0.478 e. The molecular weight excluding hydrogens is 230 g/mol. The van der Waals surface area contributed by atoms with Crippen molar-refractivity contribution in [3.63, 3.8) is 0 Å². The topological polar surface area (TPSA) is 69.6 Å². The lowest BCUT2D eigenvalue weighted by atomic mass is 10.1. The second-order valence-corrected chi connectivity index (χ2v) is 4.61. The van der Waals surface area contributed by atoms with Gasteiger partial charge in [-0.1, -0.05) is 19.1 Å². The number of aromatic carboxylic acids is 1. The molecule has 0 bridgehead atoms. The summed E-state index contributed by atoms with van der Waals surface area (Å²) in [5, 5.41) is 20.9. The summed E-state index contributed by atoms with van der Waals surface area (Å²) in [6.45, 7) is 3.93. The average molecular weight is 251 g/mol. The first-order valence-corrected chi connectivity index (χ1v) is 6.27. The predicted octanol–water partition coefficient (Wildman–Crippen LogP) is 1.88. The van der Waals surface area contributed by atoms with Crippen molar-refractivity contribution in [1.82, 2.24) is 5.32 Å². The van der Waals surface area contributed by atoms with Crippen LogP contribution in [0.5, 0.6) is 0 Å². The van der Waals surface area contributed by atoms with Crippen molar-refractivity contribution >= 4 is 5.97 Å². The Morgan fingerprint density at radius 1 is 1.33 bits per heavy atom. The third-order valence-electron chi connectivity index (χ3n) is 2.89. The molecular formula is C14H21NO3. The van der Waals surface area contributed by atoms with Crippen LogP contribution in [-0.4, -0.2) is 29.3 Å². The molecule has 0 aliphatic rings. The van der Waals surface area contributed by atoms with E-state index in [-0.39, 0.29) is 6.61 Å². The molecule has 0 radical (unpaired) electrons. The van der Waals surface area contributed by atoms with Gasteiger partial charge in [0.2, 0.25) is 0 Å². The minimum absolute atomic E-state index is 0.247. The summed E-state index contributed by atoms with van der Waals surface area (Å²) < 4.78 is 0. The van der Waals surface area contributed by atoms with Gasteiger partial charge in [0, 0.05) is 13.2 Å². The van der Waals surface area contributed by atoms with Crippen LogP contribution in [0.3, 0.4) is 0 Å². The Labute approximate surface area is 108 Å². The number of carboxylic acid groups (broad SMARTS) is 1. The molecule has 3 N–H and O–H groups in total. The van der Waals surface area contributed by atoms with Gasteiger partial charge in [0.15, 0.2) is 0 Å². The highest BCUT2D eigenvalue weighted by Crippen LogP contribution is 2.05. The van der Waals surface area contributed by atoms with E-state index < -0.39 is 5.97 Å². The summed E-state index contributed by atoms with van der Waals surface area (Å²) in [6, 6.07) is 6.89. The molecule has 1 atom stereocenters. The highest BCUT2D eigenvalue weighted by molar-refractivity contribution is 5.87. The van der Waals surface area contributed by atoms with Gasteiger partial charge in [-0.3, -0.25) is 0 Å². The van der Waals surface area contributed by atoms with Gasteiger partial charge in [-0.05, 0) is 43.0 Å². The summed E-state index contributed by atoms with van der Waals surface area (Å²) >= 11 is 0. The Hall–Kier alpha value is -1.39. The summed E-state index contributed by atoms with van der Waals surface area (Å²) in [5.74, 6) is -0.533. The molecule has 1 unspecified atom stereocenters. The van der Waals surface area contributed by atoms with Crippen molar-refractivity contribution in [3.8, 4) is 0 Å². The van der Waals surface area contributed by atoms with Crippen molar-refractivity contribution in [2.24, 2.45) is 5.92 Å². The van der Waals surface area contributed by atoms with Crippen LogP contribution in [0.15, 0.2) is 24.3 Å². The molecule has 0 spiro atoms. The second kappa shape index (κ2) is 7.84. The van der Waals surface area contributed by atoms with E-state index in [0.717, 1.165) is 31.5 Å². The van der Waals surface area contributed by atoms with Gasteiger partial charge in [0.25, 0.3) is 0 Å². The molecule has 0 aromatic heterocycles. The zero-order chi connectivity index (χ0) is 13.4. The van der Waals surface area contributed by atoms with Gasteiger partial charge in [-0.25, -0.2) is 4.79 Å². The first-order chi connectivity index (χ1) is 8.63. The molecule has 100 valence electrons. The van der Waals surface area contributed by atoms with Crippen LogP contribution in [0.1, 0.15) is 35.7 Å². The standard InChI is InChI=1S/C14H21NO3/c1-11(10-16)3-2-8-15-9-12-4-6-13(7-5-12)14(17)18/h4-7,11,15-16H,2-3,8-10H2,1H3,(H,17,18). The van der Waals surface area contributed by atoms with E-state index in [1.807, 2.05) is 19.1 Å². The molecule has 0 aliphatic heterocycles. The number of aliphatic hydroxyl groups excluding tert-OH is 1. The molecule has 18 heavy (non-hydrogen) atoms. The summed E-state index contributed by atoms with van der Waals surface area (Å²) in [5.41, 5.74) is 1.39. The van der Waals surface area contributed by atoms with Gasteiger partial charge in [-0.15, -0.1) is 0 Å². The number of benzene rings is 1. The van der Waals surface area contributed by atoms with E-state index in [2.05, 4.69) is 5.32 Å². The van der Waals surface area contributed by atoms with Crippen molar-refractivity contribution in [2.45, 2.75) is 26.3 Å². The molecule has 0 fully saturated rings. The van der Waals surface area contributed by atoms with Crippen molar-refractivity contribution in [1.29, 1.82) is 0 Å². The second-order valence-electron chi connectivity index (χ2n) is 4.61. The third kappa shape index (κ3) is 5.29. The summed E-state index contributed by atoms with van der Waals surface area (Å²) in [7, 11) is 0. The van der Waals surface area contributed by atoms with Gasteiger partial charge in [0.1, 0.15) is 0 Å². The Balaban J connectivity index is 2.21. The van der Waals surface area contributed by atoms with Gasteiger partial charge in [-0.2, -0.15) is 0 Å². The SMILES string of the molecule is CC(CO)CCCNCc1ccc(C(=O)O)cc1. The number of carboxylic acids is 1. The van der Waals surface area contributed by atoms with E-state index in [9.17, 15) is 4.79 Å². The Kier molecular flexibility index (Phi) is 6.39. The molecule has 1 rings (SSSR count). The monoisotopic (exact) mass is 251 g/mol. The number of aliphatic hydroxyl groups is 1. The quantitative estimate of drug-likeness (QED) is 0.617. The summed E-state index contributed by atoms with van der Waals surface area (Å²) in [4.78, 5) is 10.7.